The number of hydrogen-bond donors (Lipinski definition) is 1. The summed E-state index contributed by atoms with van der Waals surface area (Å²) in [5, 5.41) is 9.43. The van der Waals surface area contributed by atoms with Gasteiger partial charge in [0.25, 0.3) is 10.1 Å². The van der Waals surface area contributed by atoms with Crippen LogP contribution in [0.4, 0.5) is 4.39 Å². The number of carboxylic acid groups (broad SMARTS) is 1. The summed E-state index contributed by atoms with van der Waals surface area (Å²) >= 11 is 0.932. The number of rotatable bonds is 4. The Balaban J connectivity index is 2.70. The second-order valence-corrected chi connectivity index (χ2v) is 8.26. The van der Waals surface area contributed by atoms with Gasteiger partial charge in [0.05, 0.1) is 7.11 Å². The smallest absolute Gasteiger partial charge is 0.345 e. The van der Waals surface area contributed by atoms with E-state index in [1.54, 1.807) is 0 Å². The number of carbonyl (C=O) groups is 1. The molecule has 0 amide bonds. The van der Waals surface area contributed by atoms with Crippen molar-refractivity contribution in [3.8, 4) is 0 Å². The first kappa shape index (κ1) is 15.9. The molecule has 0 fully saturated rings. The van der Waals surface area contributed by atoms with E-state index in [0.29, 0.717) is 10.1 Å². The third kappa shape index (κ3) is 2.54. The number of thiophene rings is 1. The summed E-state index contributed by atoms with van der Waals surface area (Å²) in [5.41, 5.74) is -0.0633. The van der Waals surface area contributed by atoms with E-state index >= 15 is 0 Å². The van der Waals surface area contributed by atoms with E-state index in [4.69, 9.17) is 5.11 Å². The van der Waals surface area contributed by atoms with Gasteiger partial charge in [0.2, 0.25) is 0 Å². The summed E-state index contributed by atoms with van der Waals surface area (Å²) in [7, 11) is -2.99. The van der Waals surface area contributed by atoms with Gasteiger partial charge in [0.1, 0.15) is 15.4 Å². The highest BCUT2D eigenvalue weighted by atomic mass is 32.2. The molecule has 1 heterocycles. The summed E-state index contributed by atoms with van der Waals surface area (Å²) in [5.74, 6) is -1.83. The van der Waals surface area contributed by atoms with Crippen LogP contribution in [0.2, 0.25) is 0 Å². The Hall–Kier alpha value is -1.51. The first-order chi connectivity index (χ1) is 9.60. The SMILES string of the molecule is COS(=O)(=O)C(C)(C)c1cc2cc(C(=O)O)sc2cc1F. The first-order valence-corrected chi connectivity index (χ1v) is 8.09. The van der Waals surface area contributed by atoms with Crippen LogP contribution in [-0.2, 0) is 19.0 Å². The number of fused-ring (bicyclic) bond motifs is 1. The highest BCUT2D eigenvalue weighted by molar-refractivity contribution is 7.87. The Labute approximate surface area is 125 Å². The topological polar surface area (TPSA) is 80.7 Å². The minimum atomic E-state index is -4.00. The molecule has 0 bridgehead atoms. The second-order valence-electron chi connectivity index (χ2n) is 4.92. The van der Waals surface area contributed by atoms with Crippen LogP contribution in [0.5, 0.6) is 0 Å². The third-order valence-corrected chi connectivity index (χ3v) is 6.30. The Bertz CT molecular complexity index is 820. The van der Waals surface area contributed by atoms with E-state index in [1.165, 1.54) is 26.0 Å². The average molecular weight is 332 g/mol. The maximum Gasteiger partial charge on any atom is 0.345 e. The lowest BCUT2D eigenvalue weighted by atomic mass is 10.00. The van der Waals surface area contributed by atoms with Gasteiger partial charge in [-0.15, -0.1) is 11.3 Å². The van der Waals surface area contributed by atoms with Crippen molar-refractivity contribution in [2.24, 2.45) is 0 Å². The lowest BCUT2D eigenvalue weighted by Gasteiger charge is -2.24. The number of carboxylic acids is 1. The molecule has 0 saturated carbocycles. The third-order valence-electron chi connectivity index (χ3n) is 3.31. The van der Waals surface area contributed by atoms with Crippen LogP contribution in [0.1, 0.15) is 29.1 Å². The van der Waals surface area contributed by atoms with Crippen molar-refractivity contribution in [3.63, 3.8) is 0 Å². The van der Waals surface area contributed by atoms with Gasteiger partial charge in [-0.25, -0.2) is 9.18 Å². The van der Waals surface area contributed by atoms with Crippen LogP contribution in [0.15, 0.2) is 18.2 Å². The number of hydrogen-bond acceptors (Lipinski definition) is 5. The fourth-order valence-corrected chi connectivity index (χ4v) is 3.72. The molecule has 0 saturated heterocycles. The van der Waals surface area contributed by atoms with Gasteiger partial charge < -0.3 is 5.11 Å². The largest absolute Gasteiger partial charge is 0.477 e. The van der Waals surface area contributed by atoms with Crippen molar-refractivity contribution >= 4 is 37.5 Å². The lowest BCUT2D eigenvalue weighted by Crippen LogP contribution is -2.31. The standard InChI is InChI=1S/C13H13FO5S2/c1-13(2,21(17,18)19-3)8-4-7-5-11(12(15)16)20-10(7)6-9(8)14/h4-6H,1-3H3,(H,15,16). The average Bonchev–Trinajstić information content (AvgIpc) is 2.80. The molecule has 114 valence electrons. The Morgan fingerprint density at radius 3 is 2.48 bits per heavy atom. The molecular formula is C13H13FO5S2. The molecule has 5 nitrogen and oxygen atoms in total. The van der Waals surface area contributed by atoms with Crippen LogP contribution < -0.4 is 0 Å². The zero-order valence-corrected chi connectivity index (χ0v) is 13.1. The summed E-state index contributed by atoms with van der Waals surface area (Å²) in [6.45, 7) is 2.67. The van der Waals surface area contributed by atoms with Crippen LogP contribution in [0, 0.1) is 5.82 Å². The fourth-order valence-electron chi connectivity index (χ4n) is 1.97. The highest BCUT2D eigenvalue weighted by Gasteiger charge is 2.39. The van der Waals surface area contributed by atoms with Gasteiger partial charge in [0.15, 0.2) is 0 Å². The molecule has 0 unspecified atom stereocenters. The second kappa shape index (κ2) is 5.04. The van der Waals surface area contributed by atoms with E-state index in [0.717, 1.165) is 24.5 Å². The first-order valence-electron chi connectivity index (χ1n) is 5.87. The Morgan fingerprint density at radius 2 is 1.95 bits per heavy atom. The van der Waals surface area contributed by atoms with Crippen molar-refractivity contribution in [2.45, 2.75) is 18.6 Å². The molecular weight excluding hydrogens is 319 g/mol. The normalized spacial score (nSPS) is 12.8. The lowest BCUT2D eigenvalue weighted by molar-refractivity contribution is 0.0702. The molecule has 2 aromatic rings. The molecule has 8 heteroatoms. The summed E-state index contributed by atoms with van der Waals surface area (Å²) < 4.78 is 41.5. The Morgan fingerprint density at radius 1 is 1.33 bits per heavy atom. The summed E-state index contributed by atoms with van der Waals surface area (Å²) in [4.78, 5) is 11.0. The van der Waals surface area contributed by atoms with Crippen molar-refractivity contribution in [2.75, 3.05) is 7.11 Å². The fraction of sp³-hybridized carbons (Fsp3) is 0.308. The maximum absolute atomic E-state index is 14.2. The number of aromatic carboxylic acids is 1. The quantitative estimate of drug-likeness (QED) is 0.871. The molecule has 1 aromatic carbocycles. The monoisotopic (exact) mass is 332 g/mol. The van der Waals surface area contributed by atoms with Gasteiger partial charge >= 0.3 is 5.97 Å². The predicted octanol–water partition coefficient (Wildman–Crippen LogP) is 2.95. The van der Waals surface area contributed by atoms with E-state index in [1.807, 2.05) is 0 Å². The summed E-state index contributed by atoms with van der Waals surface area (Å²) in [6.07, 6.45) is 0. The van der Waals surface area contributed by atoms with Crippen LogP contribution in [0.25, 0.3) is 10.1 Å². The molecule has 1 N–H and O–H groups in total. The zero-order chi connectivity index (χ0) is 16.0. The van der Waals surface area contributed by atoms with Crippen molar-refractivity contribution in [1.82, 2.24) is 0 Å². The van der Waals surface area contributed by atoms with Crippen molar-refractivity contribution in [1.29, 1.82) is 0 Å². The van der Waals surface area contributed by atoms with Crippen LogP contribution in [-0.4, -0.2) is 26.6 Å². The maximum atomic E-state index is 14.2. The molecule has 0 spiro atoms. The van der Waals surface area contributed by atoms with Gasteiger partial charge in [-0.2, -0.15) is 8.42 Å². The molecule has 0 aliphatic heterocycles. The molecule has 0 aliphatic carbocycles. The van der Waals surface area contributed by atoms with Gasteiger partial charge in [-0.1, -0.05) is 0 Å². The molecule has 0 atom stereocenters. The minimum absolute atomic E-state index is 0.0633. The van der Waals surface area contributed by atoms with E-state index in [2.05, 4.69) is 4.18 Å². The Kier molecular flexibility index (Phi) is 3.81. The van der Waals surface area contributed by atoms with Gasteiger partial charge in [-0.05, 0) is 37.4 Å². The minimum Gasteiger partial charge on any atom is -0.477 e. The predicted molar refractivity (Wildman–Crippen MR) is 77.7 cm³/mol. The molecule has 0 aliphatic rings. The van der Waals surface area contributed by atoms with Gasteiger partial charge in [-0.3, -0.25) is 4.18 Å². The zero-order valence-electron chi connectivity index (χ0n) is 11.5. The van der Waals surface area contributed by atoms with E-state index in [9.17, 15) is 17.6 Å². The van der Waals surface area contributed by atoms with Crippen LogP contribution >= 0.6 is 11.3 Å². The number of halogens is 1. The van der Waals surface area contributed by atoms with E-state index in [-0.39, 0.29) is 10.4 Å². The molecule has 21 heavy (non-hydrogen) atoms. The number of benzene rings is 1. The van der Waals surface area contributed by atoms with Crippen molar-refractivity contribution in [3.05, 3.63) is 34.5 Å². The van der Waals surface area contributed by atoms with E-state index < -0.39 is 26.7 Å². The van der Waals surface area contributed by atoms with Gasteiger partial charge in [0, 0.05) is 10.3 Å². The van der Waals surface area contributed by atoms with Crippen LogP contribution in [0.3, 0.4) is 0 Å². The van der Waals surface area contributed by atoms with Crippen molar-refractivity contribution < 1.29 is 26.9 Å². The molecule has 2 rings (SSSR count). The summed E-state index contributed by atoms with van der Waals surface area (Å²) in [6, 6.07) is 3.89. The molecule has 0 radical (unpaired) electrons. The highest BCUT2D eigenvalue weighted by Crippen LogP contribution is 2.36. The molecule has 1 aromatic heterocycles.